The number of nitrogens with zero attached hydrogens (tertiary/aromatic N) is 2. The van der Waals surface area contributed by atoms with Crippen molar-refractivity contribution in [2.24, 2.45) is 11.3 Å². The van der Waals surface area contributed by atoms with Gasteiger partial charge in [0.05, 0.1) is 11.1 Å². The van der Waals surface area contributed by atoms with E-state index in [0.717, 1.165) is 58.9 Å². The molecule has 29 heavy (non-hydrogen) atoms. The minimum Gasteiger partial charge on any atom is -0.268 e. The van der Waals surface area contributed by atoms with Crippen LogP contribution in [0.2, 0.25) is 0 Å². The normalized spacial score (nSPS) is 16.9. The fraction of sp³-hybridized carbons (Fsp3) is 0.500. The molecule has 0 radical (unpaired) electrons. The lowest BCUT2D eigenvalue weighted by atomic mass is 9.72. The molecule has 1 aromatic carbocycles. The third-order valence-corrected chi connectivity index (χ3v) is 8.19. The van der Waals surface area contributed by atoms with Crippen LogP contribution in [0.1, 0.15) is 57.4 Å². The van der Waals surface area contributed by atoms with Gasteiger partial charge in [0.15, 0.2) is 5.16 Å². The van der Waals surface area contributed by atoms with Crippen molar-refractivity contribution < 1.29 is 0 Å². The molecule has 0 fully saturated rings. The van der Waals surface area contributed by atoms with Crippen LogP contribution in [-0.4, -0.2) is 15.3 Å². The Kier molecular flexibility index (Phi) is 5.90. The standard InChI is InChI=1S/C24H30N2OS2/c1-5-6-14-28-23-25-21-20(22(27)26(23)17-10-8-7-9-11-17)18-13-12-16(24(2,3)4)15-19(18)29-21/h7-11,16H,5-6,12-15H2,1-4H3/t16-/m0/s1. The molecule has 0 unspecified atom stereocenters. The average Bonchev–Trinajstić information content (AvgIpc) is 3.06. The van der Waals surface area contributed by atoms with Gasteiger partial charge in [0, 0.05) is 10.6 Å². The van der Waals surface area contributed by atoms with Crippen molar-refractivity contribution in [3.05, 3.63) is 51.1 Å². The molecule has 1 aliphatic carbocycles. The van der Waals surface area contributed by atoms with Gasteiger partial charge in [-0.25, -0.2) is 4.98 Å². The quantitative estimate of drug-likeness (QED) is 0.266. The maximum atomic E-state index is 13.7. The molecular weight excluding hydrogens is 396 g/mol. The highest BCUT2D eigenvalue weighted by Crippen LogP contribution is 2.42. The van der Waals surface area contributed by atoms with Crippen LogP contribution in [-0.2, 0) is 12.8 Å². The second-order valence-corrected chi connectivity index (χ2v) is 11.2. The van der Waals surface area contributed by atoms with E-state index in [2.05, 4.69) is 27.7 Å². The number of fused-ring (bicyclic) bond motifs is 3. The number of aromatic nitrogens is 2. The zero-order valence-corrected chi connectivity index (χ0v) is 19.5. The van der Waals surface area contributed by atoms with Gasteiger partial charge in [-0.15, -0.1) is 11.3 Å². The number of benzene rings is 1. The van der Waals surface area contributed by atoms with Crippen molar-refractivity contribution in [3.8, 4) is 5.69 Å². The zero-order chi connectivity index (χ0) is 20.6. The van der Waals surface area contributed by atoms with Crippen LogP contribution in [0.5, 0.6) is 0 Å². The highest BCUT2D eigenvalue weighted by molar-refractivity contribution is 7.99. The zero-order valence-electron chi connectivity index (χ0n) is 17.8. The molecule has 0 amide bonds. The predicted molar refractivity (Wildman–Crippen MR) is 126 cm³/mol. The third kappa shape index (κ3) is 4.04. The molecule has 4 rings (SSSR count). The molecule has 154 valence electrons. The largest absolute Gasteiger partial charge is 0.268 e. The number of aryl methyl sites for hydroxylation is 1. The Labute approximate surface area is 181 Å². The van der Waals surface area contributed by atoms with E-state index in [1.807, 2.05) is 34.9 Å². The molecule has 0 aliphatic heterocycles. The van der Waals surface area contributed by atoms with E-state index >= 15 is 0 Å². The van der Waals surface area contributed by atoms with E-state index in [0.29, 0.717) is 11.3 Å². The molecule has 0 saturated carbocycles. The average molecular weight is 427 g/mol. The van der Waals surface area contributed by atoms with Crippen molar-refractivity contribution in [3.63, 3.8) is 0 Å². The van der Waals surface area contributed by atoms with Crippen LogP contribution < -0.4 is 5.56 Å². The number of para-hydroxylation sites is 1. The Morgan fingerprint density at radius 2 is 2.00 bits per heavy atom. The number of hydrogen-bond donors (Lipinski definition) is 0. The molecule has 0 spiro atoms. The maximum Gasteiger partial charge on any atom is 0.267 e. The summed E-state index contributed by atoms with van der Waals surface area (Å²) in [7, 11) is 0. The summed E-state index contributed by atoms with van der Waals surface area (Å²) in [6, 6.07) is 9.98. The van der Waals surface area contributed by atoms with Crippen LogP contribution in [0.15, 0.2) is 40.3 Å². The van der Waals surface area contributed by atoms with Gasteiger partial charge in [-0.3, -0.25) is 9.36 Å². The summed E-state index contributed by atoms with van der Waals surface area (Å²) in [6.07, 6.45) is 5.49. The fourth-order valence-electron chi connectivity index (χ4n) is 4.15. The Bertz CT molecular complexity index is 1060. The molecule has 1 atom stereocenters. The van der Waals surface area contributed by atoms with E-state index < -0.39 is 0 Å². The molecule has 0 saturated heterocycles. The van der Waals surface area contributed by atoms with E-state index in [1.165, 1.54) is 10.4 Å². The van der Waals surface area contributed by atoms with Crippen molar-refractivity contribution in [2.45, 2.75) is 65.0 Å². The smallest absolute Gasteiger partial charge is 0.267 e. The molecule has 2 aromatic heterocycles. The van der Waals surface area contributed by atoms with Gasteiger partial charge in [0.2, 0.25) is 0 Å². The second-order valence-electron chi connectivity index (χ2n) is 9.06. The minimum absolute atomic E-state index is 0.104. The third-order valence-electron chi connectivity index (χ3n) is 6.02. The Morgan fingerprint density at radius 3 is 2.69 bits per heavy atom. The number of thioether (sulfide) groups is 1. The van der Waals surface area contributed by atoms with Gasteiger partial charge in [-0.05, 0) is 54.7 Å². The van der Waals surface area contributed by atoms with Crippen LogP contribution in [0, 0.1) is 11.3 Å². The summed E-state index contributed by atoms with van der Waals surface area (Å²) in [5.74, 6) is 1.65. The summed E-state index contributed by atoms with van der Waals surface area (Å²) in [5, 5.41) is 1.69. The first-order chi connectivity index (χ1) is 13.9. The molecule has 3 aromatic rings. The Morgan fingerprint density at radius 1 is 1.24 bits per heavy atom. The van der Waals surface area contributed by atoms with Gasteiger partial charge < -0.3 is 0 Å². The topological polar surface area (TPSA) is 34.9 Å². The van der Waals surface area contributed by atoms with Gasteiger partial charge in [0.25, 0.3) is 5.56 Å². The first-order valence-electron chi connectivity index (χ1n) is 10.7. The molecule has 5 heteroatoms. The highest BCUT2D eigenvalue weighted by atomic mass is 32.2. The number of rotatable bonds is 5. The van der Waals surface area contributed by atoms with E-state index in [4.69, 9.17) is 4.98 Å². The number of thiophene rings is 1. The van der Waals surface area contributed by atoms with Crippen LogP contribution in [0.25, 0.3) is 15.9 Å². The predicted octanol–water partition coefficient (Wildman–Crippen LogP) is 6.49. The first-order valence-corrected chi connectivity index (χ1v) is 12.5. The number of hydrogen-bond acceptors (Lipinski definition) is 4. The second kappa shape index (κ2) is 8.27. The Hall–Kier alpha value is -1.59. The van der Waals surface area contributed by atoms with Crippen molar-refractivity contribution in [1.82, 2.24) is 9.55 Å². The summed E-state index contributed by atoms with van der Waals surface area (Å²) >= 11 is 3.46. The van der Waals surface area contributed by atoms with Crippen LogP contribution >= 0.6 is 23.1 Å². The number of unbranched alkanes of at least 4 members (excludes halogenated alkanes) is 1. The summed E-state index contributed by atoms with van der Waals surface area (Å²) in [6.45, 7) is 9.19. The summed E-state index contributed by atoms with van der Waals surface area (Å²) in [4.78, 5) is 21.0. The minimum atomic E-state index is 0.104. The van der Waals surface area contributed by atoms with E-state index in [-0.39, 0.29) is 5.56 Å². The van der Waals surface area contributed by atoms with E-state index in [1.54, 1.807) is 23.1 Å². The highest BCUT2D eigenvalue weighted by Gasteiger charge is 2.32. The van der Waals surface area contributed by atoms with Gasteiger partial charge in [0.1, 0.15) is 4.83 Å². The maximum absolute atomic E-state index is 13.7. The summed E-state index contributed by atoms with van der Waals surface area (Å²) in [5.41, 5.74) is 2.58. The van der Waals surface area contributed by atoms with Gasteiger partial charge in [-0.1, -0.05) is 64.1 Å². The Balaban J connectivity index is 1.86. The monoisotopic (exact) mass is 426 g/mol. The molecule has 0 N–H and O–H groups in total. The van der Waals surface area contributed by atoms with E-state index in [9.17, 15) is 4.79 Å². The molecule has 0 bridgehead atoms. The lowest BCUT2D eigenvalue weighted by Crippen LogP contribution is -2.27. The lowest BCUT2D eigenvalue weighted by molar-refractivity contribution is 0.218. The summed E-state index contributed by atoms with van der Waals surface area (Å²) < 4.78 is 1.84. The van der Waals surface area contributed by atoms with Crippen molar-refractivity contribution >= 4 is 33.3 Å². The molecule has 1 aliphatic rings. The molecular formula is C24H30N2OS2. The van der Waals surface area contributed by atoms with Crippen LogP contribution in [0.4, 0.5) is 0 Å². The molecule has 3 nitrogen and oxygen atoms in total. The van der Waals surface area contributed by atoms with Crippen molar-refractivity contribution in [2.75, 3.05) is 5.75 Å². The lowest BCUT2D eigenvalue weighted by Gasteiger charge is -2.33. The van der Waals surface area contributed by atoms with Gasteiger partial charge >= 0.3 is 0 Å². The van der Waals surface area contributed by atoms with Crippen LogP contribution in [0.3, 0.4) is 0 Å². The SMILES string of the molecule is CCCCSc1nc2sc3c(c2c(=O)n1-c1ccccc1)CC[C@H](C(C)(C)C)C3. The molecule has 2 heterocycles. The van der Waals surface area contributed by atoms with Crippen molar-refractivity contribution in [1.29, 1.82) is 0 Å². The van der Waals surface area contributed by atoms with Gasteiger partial charge in [-0.2, -0.15) is 0 Å². The fourth-order valence-corrected chi connectivity index (χ4v) is 6.59. The first kappa shape index (κ1) is 20.7.